The Balaban J connectivity index is 2.55. The summed E-state index contributed by atoms with van der Waals surface area (Å²) in [6.45, 7) is 6.39. The van der Waals surface area contributed by atoms with Gasteiger partial charge in [-0.05, 0) is 31.9 Å². The minimum absolute atomic E-state index is 0.495. The van der Waals surface area contributed by atoms with Crippen LogP contribution < -0.4 is 0 Å². The summed E-state index contributed by atoms with van der Waals surface area (Å²) in [6, 6.07) is 4.39. The lowest BCUT2D eigenvalue weighted by molar-refractivity contribution is 1.23. The van der Waals surface area contributed by atoms with E-state index in [2.05, 4.69) is 43.3 Å². The van der Waals surface area contributed by atoms with Crippen LogP contribution in [0.4, 0.5) is 0 Å². The molecule has 0 radical (unpaired) electrons. The average Bonchev–Trinajstić information content (AvgIpc) is 2.64. The third kappa shape index (κ3) is 2.13. The molecule has 0 bridgehead atoms. The molecule has 0 amide bonds. The van der Waals surface area contributed by atoms with E-state index in [4.69, 9.17) is 11.6 Å². The van der Waals surface area contributed by atoms with Crippen LogP contribution in [0.3, 0.4) is 0 Å². The zero-order chi connectivity index (χ0) is 11.7. The van der Waals surface area contributed by atoms with E-state index in [1.54, 1.807) is 11.3 Å². The van der Waals surface area contributed by atoms with Crippen molar-refractivity contribution < 1.29 is 0 Å². The normalized spacial score (nSPS) is 10.8. The summed E-state index contributed by atoms with van der Waals surface area (Å²) < 4.78 is 0. The number of thiazole rings is 1. The highest BCUT2D eigenvalue weighted by Gasteiger charge is 2.10. The second-order valence-corrected chi connectivity index (χ2v) is 5.24. The van der Waals surface area contributed by atoms with Crippen LogP contribution in [-0.4, -0.2) is 4.98 Å². The summed E-state index contributed by atoms with van der Waals surface area (Å²) in [5.41, 5.74) is 6.16. The Morgan fingerprint density at radius 2 is 1.81 bits per heavy atom. The van der Waals surface area contributed by atoms with E-state index in [1.807, 2.05) is 0 Å². The maximum absolute atomic E-state index is 5.78. The van der Waals surface area contributed by atoms with Crippen LogP contribution in [-0.2, 0) is 5.88 Å². The predicted molar refractivity (Wildman–Crippen MR) is 71.3 cm³/mol. The molecular weight excluding hydrogens is 238 g/mol. The van der Waals surface area contributed by atoms with E-state index in [1.165, 1.54) is 22.3 Å². The Kier molecular flexibility index (Phi) is 3.31. The zero-order valence-corrected chi connectivity index (χ0v) is 11.2. The van der Waals surface area contributed by atoms with Crippen LogP contribution in [0, 0.1) is 20.8 Å². The second kappa shape index (κ2) is 4.56. The summed E-state index contributed by atoms with van der Waals surface area (Å²) in [4.78, 5) is 4.54. The van der Waals surface area contributed by atoms with E-state index in [-0.39, 0.29) is 0 Å². The van der Waals surface area contributed by atoms with Crippen molar-refractivity contribution in [1.29, 1.82) is 0 Å². The molecule has 1 aromatic heterocycles. The van der Waals surface area contributed by atoms with Gasteiger partial charge >= 0.3 is 0 Å². The van der Waals surface area contributed by atoms with E-state index >= 15 is 0 Å². The van der Waals surface area contributed by atoms with Gasteiger partial charge < -0.3 is 0 Å². The lowest BCUT2D eigenvalue weighted by Crippen LogP contribution is -1.90. The quantitative estimate of drug-likeness (QED) is 0.718. The third-order valence-electron chi connectivity index (χ3n) is 2.60. The number of aryl methyl sites for hydroxylation is 3. The van der Waals surface area contributed by atoms with Crippen LogP contribution >= 0.6 is 22.9 Å². The van der Waals surface area contributed by atoms with Crippen molar-refractivity contribution in [3.8, 4) is 11.3 Å². The largest absolute Gasteiger partial charge is 0.240 e. The van der Waals surface area contributed by atoms with Crippen molar-refractivity contribution in [3.05, 3.63) is 39.2 Å². The summed E-state index contributed by atoms with van der Waals surface area (Å²) in [7, 11) is 0. The maximum Gasteiger partial charge on any atom is 0.108 e. The lowest BCUT2D eigenvalue weighted by Gasteiger charge is -2.08. The number of alkyl halides is 1. The van der Waals surface area contributed by atoms with E-state index in [9.17, 15) is 0 Å². The molecular formula is C13H14ClNS. The van der Waals surface area contributed by atoms with Crippen molar-refractivity contribution in [3.63, 3.8) is 0 Å². The fourth-order valence-corrected chi connectivity index (χ4v) is 2.95. The van der Waals surface area contributed by atoms with E-state index < -0.39 is 0 Å². The first-order valence-electron chi connectivity index (χ1n) is 5.20. The van der Waals surface area contributed by atoms with Gasteiger partial charge in [0.05, 0.1) is 11.6 Å². The minimum Gasteiger partial charge on any atom is -0.240 e. The van der Waals surface area contributed by atoms with Gasteiger partial charge in [-0.3, -0.25) is 0 Å². The SMILES string of the molecule is Cc1cc(C)c(-c2csc(CCl)n2)c(C)c1. The molecule has 2 rings (SSSR count). The number of nitrogens with zero attached hydrogens (tertiary/aromatic N) is 1. The zero-order valence-electron chi connectivity index (χ0n) is 9.67. The minimum atomic E-state index is 0.495. The standard InChI is InChI=1S/C13H14ClNS/c1-8-4-9(2)13(10(3)5-8)11-7-16-12(6-14)15-11/h4-5,7H,6H2,1-3H3. The first-order chi connectivity index (χ1) is 7.61. The molecule has 1 aromatic carbocycles. The first kappa shape index (κ1) is 11.6. The predicted octanol–water partition coefficient (Wildman–Crippen LogP) is 4.47. The topological polar surface area (TPSA) is 12.9 Å². The molecule has 0 saturated heterocycles. The fourth-order valence-electron chi connectivity index (χ4n) is 2.07. The summed E-state index contributed by atoms with van der Waals surface area (Å²) in [5.74, 6) is 0.495. The van der Waals surface area contributed by atoms with Gasteiger partial charge in [0.2, 0.25) is 0 Å². The van der Waals surface area contributed by atoms with Crippen molar-refractivity contribution in [2.45, 2.75) is 26.7 Å². The van der Waals surface area contributed by atoms with Gasteiger partial charge in [0, 0.05) is 10.9 Å². The maximum atomic E-state index is 5.78. The van der Waals surface area contributed by atoms with Crippen LogP contribution in [0.2, 0.25) is 0 Å². The molecule has 3 heteroatoms. The molecule has 0 fully saturated rings. The second-order valence-electron chi connectivity index (χ2n) is 4.03. The molecule has 1 heterocycles. The highest BCUT2D eigenvalue weighted by atomic mass is 35.5. The molecule has 0 unspecified atom stereocenters. The molecule has 0 atom stereocenters. The Labute approximate surface area is 105 Å². The smallest absolute Gasteiger partial charge is 0.108 e. The van der Waals surface area contributed by atoms with Crippen LogP contribution in [0.1, 0.15) is 21.7 Å². The number of benzene rings is 1. The molecule has 0 aliphatic heterocycles. The highest BCUT2D eigenvalue weighted by molar-refractivity contribution is 7.10. The molecule has 16 heavy (non-hydrogen) atoms. The number of aromatic nitrogens is 1. The Morgan fingerprint density at radius 1 is 1.19 bits per heavy atom. The monoisotopic (exact) mass is 251 g/mol. The lowest BCUT2D eigenvalue weighted by atomic mass is 9.98. The highest BCUT2D eigenvalue weighted by Crippen LogP contribution is 2.29. The molecule has 0 aliphatic rings. The van der Waals surface area contributed by atoms with Gasteiger partial charge in [0.15, 0.2) is 0 Å². The first-order valence-corrected chi connectivity index (χ1v) is 6.62. The molecule has 2 aromatic rings. The van der Waals surface area contributed by atoms with Crippen molar-refractivity contribution in [1.82, 2.24) is 4.98 Å². The Bertz CT molecular complexity index is 493. The van der Waals surface area contributed by atoms with E-state index in [0.717, 1.165) is 10.7 Å². The third-order valence-corrected chi connectivity index (χ3v) is 3.86. The molecule has 84 valence electrons. The van der Waals surface area contributed by atoms with Crippen LogP contribution in [0.15, 0.2) is 17.5 Å². The van der Waals surface area contributed by atoms with Gasteiger partial charge in [0.25, 0.3) is 0 Å². The van der Waals surface area contributed by atoms with Crippen molar-refractivity contribution >= 4 is 22.9 Å². The van der Waals surface area contributed by atoms with Crippen LogP contribution in [0.5, 0.6) is 0 Å². The molecule has 0 N–H and O–H groups in total. The summed E-state index contributed by atoms with van der Waals surface area (Å²) >= 11 is 7.40. The number of rotatable bonds is 2. The molecule has 0 spiro atoms. The van der Waals surface area contributed by atoms with Crippen molar-refractivity contribution in [2.24, 2.45) is 0 Å². The van der Waals surface area contributed by atoms with Gasteiger partial charge in [0.1, 0.15) is 5.01 Å². The Morgan fingerprint density at radius 3 is 2.31 bits per heavy atom. The number of halogens is 1. The fraction of sp³-hybridized carbons (Fsp3) is 0.308. The van der Waals surface area contributed by atoms with E-state index in [0.29, 0.717) is 5.88 Å². The molecule has 1 nitrogen and oxygen atoms in total. The number of hydrogen-bond acceptors (Lipinski definition) is 2. The summed E-state index contributed by atoms with van der Waals surface area (Å²) in [6.07, 6.45) is 0. The van der Waals surface area contributed by atoms with Crippen LogP contribution in [0.25, 0.3) is 11.3 Å². The number of hydrogen-bond donors (Lipinski definition) is 0. The van der Waals surface area contributed by atoms with Gasteiger partial charge in [-0.15, -0.1) is 22.9 Å². The van der Waals surface area contributed by atoms with Gasteiger partial charge in [-0.1, -0.05) is 17.7 Å². The molecule has 0 aliphatic carbocycles. The van der Waals surface area contributed by atoms with Crippen molar-refractivity contribution in [2.75, 3.05) is 0 Å². The van der Waals surface area contributed by atoms with Gasteiger partial charge in [-0.25, -0.2) is 4.98 Å². The summed E-state index contributed by atoms with van der Waals surface area (Å²) in [5, 5.41) is 3.07. The van der Waals surface area contributed by atoms with Gasteiger partial charge in [-0.2, -0.15) is 0 Å². The Hall–Kier alpha value is -0.860. The average molecular weight is 252 g/mol. The molecule has 0 saturated carbocycles.